The average molecular weight is 390 g/mol. The van der Waals surface area contributed by atoms with E-state index in [9.17, 15) is 9.59 Å². The van der Waals surface area contributed by atoms with Crippen molar-refractivity contribution in [2.75, 3.05) is 19.8 Å². The van der Waals surface area contributed by atoms with E-state index in [-0.39, 0.29) is 18.9 Å². The first-order valence-electron chi connectivity index (χ1n) is 8.62. The number of hydrogen-bond donors (Lipinski definition) is 1. The molecule has 0 aliphatic carbocycles. The molecular weight excluding hydrogens is 370 g/mol. The smallest absolute Gasteiger partial charge is 0.308 e. The lowest BCUT2D eigenvalue weighted by atomic mass is 10.1. The summed E-state index contributed by atoms with van der Waals surface area (Å²) in [6.45, 7) is 1.30. The molecule has 6 nitrogen and oxygen atoms in total. The molecule has 2 aromatic rings. The van der Waals surface area contributed by atoms with Crippen molar-refractivity contribution in [3.05, 3.63) is 59.1 Å². The van der Waals surface area contributed by atoms with Crippen LogP contribution in [0.5, 0.6) is 11.5 Å². The summed E-state index contributed by atoms with van der Waals surface area (Å²) in [5.74, 6) is -0.420. The first-order valence-corrected chi connectivity index (χ1v) is 9.00. The monoisotopic (exact) mass is 389 g/mol. The molecule has 0 bridgehead atoms. The summed E-state index contributed by atoms with van der Waals surface area (Å²) in [6.07, 6.45) is 0.0604. The van der Waals surface area contributed by atoms with Gasteiger partial charge in [-0.25, -0.2) is 0 Å². The van der Waals surface area contributed by atoms with E-state index in [2.05, 4.69) is 0 Å². The second kappa shape index (κ2) is 8.77. The molecular formula is C20H20ClNO5. The SMILES string of the molecule is O=C(O)C1CC(=O)N(Cc2cccc(OCCOc3ccccc3Cl)c2)C1. The van der Waals surface area contributed by atoms with Gasteiger partial charge < -0.3 is 19.5 Å². The van der Waals surface area contributed by atoms with Crippen LogP contribution in [-0.4, -0.2) is 41.6 Å². The summed E-state index contributed by atoms with van der Waals surface area (Å²) in [7, 11) is 0. The molecule has 0 aromatic heterocycles. The molecule has 1 N–H and O–H groups in total. The molecule has 7 heteroatoms. The molecule has 142 valence electrons. The third-order valence-electron chi connectivity index (χ3n) is 4.28. The van der Waals surface area contributed by atoms with Crippen molar-refractivity contribution >= 4 is 23.5 Å². The van der Waals surface area contributed by atoms with Crippen molar-refractivity contribution in [2.45, 2.75) is 13.0 Å². The van der Waals surface area contributed by atoms with Crippen LogP contribution in [0.3, 0.4) is 0 Å². The van der Waals surface area contributed by atoms with Crippen LogP contribution >= 0.6 is 11.6 Å². The van der Waals surface area contributed by atoms with Gasteiger partial charge in [-0.3, -0.25) is 9.59 Å². The van der Waals surface area contributed by atoms with Crippen LogP contribution < -0.4 is 9.47 Å². The van der Waals surface area contributed by atoms with Gasteiger partial charge in [0.05, 0.1) is 10.9 Å². The Morgan fingerprint density at radius 2 is 1.93 bits per heavy atom. The Morgan fingerprint density at radius 3 is 2.67 bits per heavy atom. The van der Waals surface area contributed by atoms with Gasteiger partial charge in [0.2, 0.25) is 5.91 Å². The van der Waals surface area contributed by atoms with Crippen LogP contribution in [0, 0.1) is 5.92 Å². The molecule has 0 saturated carbocycles. The molecule has 0 spiro atoms. The van der Waals surface area contributed by atoms with Gasteiger partial charge >= 0.3 is 5.97 Å². The molecule has 1 unspecified atom stereocenters. The Morgan fingerprint density at radius 1 is 1.15 bits per heavy atom. The zero-order valence-corrected chi connectivity index (χ0v) is 15.4. The second-order valence-corrected chi connectivity index (χ2v) is 6.70. The molecule has 1 saturated heterocycles. The number of carboxylic acids is 1. The lowest BCUT2D eigenvalue weighted by Crippen LogP contribution is -2.25. The molecule has 3 rings (SSSR count). The van der Waals surface area contributed by atoms with Gasteiger partial charge in [0.1, 0.15) is 24.7 Å². The molecule has 1 aliphatic rings. The fourth-order valence-electron chi connectivity index (χ4n) is 2.92. The number of carbonyl (C=O) groups is 2. The van der Waals surface area contributed by atoms with Gasteiger partial charge in [-0.05, 0) is 29.8 Å². The highest BCUT2D eigenvalue weighted by Gasteiger charge is 2.34. The lowest BCUT2D eigenvalue weighted by Gasteiger charge is -2.16. The van der Waals surface area contributed by atoms with Crippen molar-refractivity contribution < 1.29 is 24.2 Å². The van der Waals surface area contributed by atoms with Crippen LogP contribution in [-0.2, 0) is 16.1 Å². The number of halogens is 1. The number of likely N-dealkylation sites (tertiary alicyclic amines) is 1. The number of carbonyl (C=O) groups excluding carboxylic acids is 1. The normalized spacial score (nSPS) is 16.4. The highest BCUT2D eigenvalue weighted by molar-refractivity contribution is 6.32. The summed E-state index contributed by atoms with van der Waals surface area (Å²) in [5.41, 5.74) is 0.888. The zero-order chi connectivity index (χ0) is 19.2. The van der Waals surface area contributed by atoms with Crippen LogP contribution in [0.1, 0.15) is 12.0 Å². The standard InChI is InChI=1S/C20H20ClNO5/c21-17-6-1-2-7-18(17)27-9-8-26-16-5-3-4-14(10-16)12-22-13-15(20(24)25)11-19(22)23/h1-7,10,15H,8-9,11-13H2,(H,24,25). The molecule has 2 aromatic carbocycles. The van der Waals surface area contributed by atoms with E-state index in [1.165, 1.54) is 0 Å². The Labute approximate surface area is 162 Å². The maximum Gasteiger partial charge on any atom is 0.308 e. The van der Waals surface area contributed by atoms with Crippen molar-refractivity contribution in [3.8, 4) is 11.5 Å². The first-order chi connectivity index (χ1) is 13.0. The third-order valence-corrected chi connectivity index (χ3v) is 4.59. The summed E-state index contributed by atoms with van der Waals surface area (Å²) >= 11 is 6.03. The van der Waals surface area contributed by atoms with Crippen molar-refractivity contribution in [1.29, 1.82) is 0 Å². The Balaban J connectivity index is 1.50. The number of hydrogen-bond acceptors (Lipinski definition) is 4. The van der Waals surface area contributed by atoms with Crippen LogP contribution in [0.2, 0.25) is 5.02 Å². The van der Waals surface area contributed by atoms with Gasteiger partial charge in [0.15, 0.2) is 0 Å². The van der Waals surface area contributed by atoms with Crippen LogP contribution in [0.4, 0.5) is 0 Å². The van der Waals surface area contributed by atoms with E-state index in [4.69, 9.17) is 26.2 Å². The van der Waals surface area contributed by atoms with Crippen LogP contribution in [0.25, 0.3) is 0 Å². The van der Waals surface area contributed by atoms with E-state index < -0.39 is 11.9 Å². The predicted octanol–water partition coefficient (Wildman–Crippen LogP) is 3.23. The maximum absolute atomic E-state index is 12.0. The fraction of sp³-hybridized carbons (Fsp3) is 0.300. The highest BCUT2D eigenvalue weighted by atomic mass is 35.5. The van der Waals surface area contributed by atoms with E-state index in [0.29, 0.717) is 36.3 Å². The minimum Gasteiger partial charge on any atom is -0.490 e. The molecule has 1 amide bonds. The highest BCUT2D eigenvalue weighted by Crippen LogP contribution is 2.24. The number of rotatable bonds is 8. The molecule has 0 radical (unpaired) electrons. The summed E-state index contributed by atoms with van der Waals surface area (Å²) in [4.78, 5) is 24.6. The molecule has 1 atom stereocenters. The van der Waals surface area contributed by atoms with Gasteiger partial charge in [-0.2, -0.15) is 0 Å². The topological polar surface area (TPSA) is 76.1 Å². The van der Waals surface area contributed by atoms with Crippen molar-refractivity contribution in [1.82, 2.24) is 4.90 Å². The Hall–Kier alpha value is -2.73. The average Bonchev–Trinajstić information content (AvgIpc) is 3.01. The quantitative estimate of drug-likeness (QED) is 0.701. The first kappa shape index (κ1) is 19.0. The maximum atomic E-state index is 12.0. The zero-order valence-electron chi connectivity index (χ0n) is 14.6. The number of nitrogens with zero attached hydrogens (tertiary/aromatic N) is 1. The summed E-state index contributed by atoms with van der Waals surface area (Å²) in [6, 6.07) is 14.6. The molecule has 1 heterocycles. The Kier molecular flexibility index (Phi) is 6.19. The van der Waals surface area contributed by atoms with Crippen LogP contribution in [0.15, 0.2) is 48.5 Å². The number of ether oxygens (including phenoxy) is 2. The number of para-hydroxylation sites is 1. The second-order valence-electron chi connectivity index (χ2n) is 6.29. The van der Waals surface area contributed by atoms with E-state index in [0.717, 1.165) is 5.56 Å². The summed E-state index contributed by atoms with van der Waals surface area (Å²) < 4.78 is 11.3. The van der Waals surface area contributed by atoms with Crippen molar-refractivity contribution in [2.24, 2.45) is 5.92 Å². The lowest BCUT2D eigenvalue weighted by molar-refractivity contribution is -0.141. The minimum absolute atomic E-state index is 0.0604. The number of benzene rings is 2. The molecule has 27 heavy (non-hydrogen) atoms. The number of aliphatic carboxylic acids is 1. The number of amides is 1. The van der Waals surface area contributed by atoms with E-state index in [1.54, 1.807) is 17.0 Å². The van der Waals surface area contributed by atoms with Gasteiger partial charge in [-0.15, -0.1) is 0 Å². The Bertz CT molecular complexity index is 826. The van der Waals surface area contributed by atoms with Gasteiger partial charge in [0.25, 0.3) is 0 Å². The summed E-state index contributed by atoms with van der Waals surface area (Å²) in [5, 5.41) is 9.61. The van der Waals surface area contributed by atoms with Crippen molar-refractivity contribution in [3.63, 3.8) is 0 Å². The molecule has 1 fully saturated rings. The fourth-order valence-corrected chi connectivity index (χ4v) is 3.11. The van der Waals surface area contributed by atoms with Gasteiger partial charge in [0, 0.05) is 19.5 Å². The predicted molar refractivity (Wildman–Crippen MR) is 100 cm³/mol. The van der Waals surface area contributed by atoms with E-state index in [1.807, 2.05) is 36.4 Å². The largest absolute Gasteiger partial charge is 0.490 e. The third kappa shape index (κ3) is 5.14. The molecule has 1 aliphatic heterocycles. The number of carboxylic acid groups (broad SMARTS) is 1. The minimum atomic E-state index is -0.929. The van der Waals surface area contributed by atoms with E-state index >= 15 is 0 Å². The van der Waals surface area contributed by atoms with Gasteiger partial charge in [-0.1, -0.05) is 35.9 Å².